The lowest BCUT2D eigenvalue weighted by Gasteiger charge is -2.29. The summed E-state index contributed by atoms with van der Waals surface area (Å²) in [7, 11) is 0. The second-order valence-electron chi connectivity index (χ2n) is 5.28. The molecule has 0 aliphatic heterocycles. The molecule has 0 amide bonds. The Balaban J connectivity index is 2.69. The van der Waals surface area contributed by atoms with E-state index in [4.69, 9.17) is 17.3 Å². The third kappa shape index (κ3) is 3.78. The fraction of sp³-hybridized carbons (Fsp3) is 0.538. The van der Waals surface area contributed by atoms with Crippen LogP contribution < -0.4 is 5.73 Å². The molecular formula is C13H20ClNO. The average Bonchev–Trinajstić information content (AvgIpc) is 2.16. The second-order valence-corrected chi connectivity index (χ2v) is 5.72. The van der Waals surface area contributed by atoms with E-state index < -0.39 is 6.10 Å². The molecule has 90 valence electrons. The average molecular weight is 242 g/mol. The van der Waals surface area contributed by atoms with Crippen LogP contribution in [0.25, 0.3) is 0 Å². The number of aliphatic hydroxyl groups excluding tert-OH is 1. The van der Waals surface area contributed by atoms with Gasteiger partial charge in [-0.3, -0.25) is 0 Å². The van der Waals surface area contributed by atoms with Crippen LogP contribution in [-0.4, -0.2) is 11.1 Å². The van der Waals surface area contributed by atoms with Crippen molar-refractivity contribution in [1.82, 2.24) is 0 Å². The Morgan fingerprint density at radius 3 is 2.50 bits per heavy atom. The van der Waals surface area contributed by atoms with Crippen molar-refractivity contribution >= 4 is 11.6 Å². The lowest BCUT2D eigenvalue weighted by Crippen LogP contribution is -2.36. The van der Waals surface area contributed by atoms with Crippen molar-refractivity contribution in [2.75, 3.05) is 0 Å². The van der Waals surface area contributed by atoms with Crippen LogP contribution in [0.4, 0.5) is 0 Å². The summed E-state index contributed by atoms with van der Waals surface area (Å²) in [6.45, 7) is 6.22. The highest BCUT2D eigenvalue weighted by molar-refractivity contribution is 6.30. The summed E-state index contributed by atoms with van der Waals surface area (Å²) in [6, 6.07) is 7.24. The molecule has 0 heterocycles. The molecule has 3 heteroatoms. The van der Waals surface area contributed by atoms with E-state index in [0.29, 0.717) is 11.4 Å². The molecule has 0 spiro atoms. The van der Waals surface area contributed by atoms with Crippen molar-refractivity contribution in [3.63, 3.8) is 0 Å². The number of aliphatic hydroxyl groups is 1. The number of rotatable bonds is 3. The quantitative estimate of drug-likeness (QED) is 0.854. The van der Waals surface area contributed by atoms with E-state index in [9.17, 15) is 5.11 Å². The zero-order chi connectivity index (χ0) is 12.3. The molecule has 2 atom stereocenters. The minimum Gasteiger partial charge on any atom is -0.388 e. The lowest BCUT2D eigenvalue weighted by atomic mass is 9.83. The van der Waals surface area contributed by atoms with Gasteiger partial charge in [0.25, 0.3) is 0 Å². The monoisotopic (exact) mass is 241 g/mol. The van der Waals surface area contributed by atoms with E-state index in [0.717, 1.165) is 5.56 Å². The minimum absolute atomic E-state index is 0.000441. The summed E-state index contributed by atoms with van der Waals surface area (Å²) in [5.41, 5.74) is 6.86. The fourth-order valence-corrected chi connectivity index (χ4v) is 1.64. The second kappa shape index (κ2) is 5.17. The molecule has 1 rings (SSSR count). The Kier molecular flexibility index (Phi) is 4.36. The molecule has 0 saturated heterocycles. The molecule has 1 aromatic rings. The summed E-state index contributed by atoms with van der Waals surface area (Å²) in [5, 5.41) is 10.7. The molecule has 0 radical (unpaired) electrons. The van der Waals surface area contributed by atoms with Gasteiger partial charge in [-0.1, -0.05) is 44.5 Å². The van der Waals surface area contributed by atoms with Gasteiger partial charge >= 0.3 is 0 Å². The summed E-state index contributed by atoms with van der Waals surface area (Å²) >= 11 is 5.87. The Hall–Kier alpha value is -0.570. The molecule has 0 unspecified atom stereocenters. The van der Waals surface area contributed by atoms with Crippen LogP contribution in [0.5, 0.6) is 0 Å². The van der Waals surface area contributed by atoms with Crippen molar-refractivity contribution in [3.05, 3.63) is 34.9 Å². The van der Waals surface area contributed by atoms with Crippen LogP contribution in [0, 0.1) is 5.41 Å². The Morgan fingerprint density at radius 2 is 2.00 bits per heavy atom. The summed E-state index contributed by atoms with van der Waals surface area (Å²) in [4.78, 5) is 0. The predicted molar refractivity (Wildman–Crippen MR) is 68.5 cm³/mol. The number of benzene rings is 1. The standard InChI is InChI=1S/C13H20ClNO/c1-13(2,3)12(15)8-11(16)9-5-4-6-10(14)7-9/h4-7,11-12,16H,8,15H2,1-3H3/t11-,12+/m0/s1. The molecule has 0 bridgehead atoms. The van der Waals surface area contributed by atoms with Crippen molar-refractivity contribution in [2.24, 2.45) is 11.1 Å². The largest absolute Gasteiger partial charge is 0.388 e. The molecular weight excluding hydrogens is 222 g/mol. The smallest absolute Gasteiger partial charge is 0.0805 e. The molecule has 16 heavy (non-hydrogen) atoms. The first-order valence-corrected chi connectivity index (χ1v) is 5.87. The number of hydrogen-bond donors (Lipinski definition) is 2. The molecule has 3 N–H and O–H groups in total. The normalized spacial score (nSPS) is 15.9. The minimum atomic E-state index is -0.548. The lowest BCUT2D eigenvalue weighted by molar-refractivity contribution is 0.133. The first-order chi connectivity index (χ1) is 7.30. The van der Waals surface area contributed by atoms with E-state index in [-0.39, 0.29) is 11.5 Å². The molecule has 1 aromatic carbocycles. The Bertz CT molecular complexity index is 346. The van der Waals surface area contributed by atoms with Crippen LogP contribution in [0.15, 0.2) is 24.3 Å². The van der Waals surface area contributed by atoms with E-state index in [1.165, 1.54) is 0 Å². The van der Waals surface area contributed by atoms with E-state index in [2.05, 4.69) is 20.8 Å². The van der Waals surface area contributed by atoms with Crippen molar-refractivity contribution in [3.8, 4) is 0 Å². The topological polar surface area (TPSA) is 46.2 Å². The van der Waals surface area contributed by atoms with Gasteiger partial charge < -0.3 is 10.8 Å². The molecule has 0 saturated carbocycles. The Labute approximate surface area is 102 Å². The van der Waals surface area contributed by atoms with E-state index in [1.807, 2.05) is 12.1 Å². The maximum absolute atomic E-state index is 10.0. The predicted octanol–water partition coefficient (Wildman–Crippen LogP) is 3.14. The molecule has 0 fully saturated rings. The first-order valence-electron chi connectivity index (χ1n) is 5.50. The van der Waals surface area contributed by atoms with E-state index >= 15 is 0 Å². The number of nitrogens with two attached hydrogens (primary N) is 1. The van der Waals surface area contributed by atoms with Crippen molar-refractivity contribution in [1.29, 1.82) is 0 Å². The van der Waals surface area contributed by atoms with Crippen LogP contribution in [0.1, 0.15) is 38.9 Å². The van der Waals surface area contributed by atoms with Crippen LogP contribution in [-0.2, 0) is 0 Å². The first kappa shape index (κ1) is 13.5. The van der Waals surface area contributed by atoms with Gasteiger partial charge in [-0.05, 0) is 29.5 Å². The molecule has 0 aliphatic rings. The third-order valence-corrected chi connectivity index (χ3v) is 3.06. The fourth-order valence-electron chi connectivity index (χ4n) is 1.44. The highest BCUT2D eigenvalue weighted by Gasteiger charge is 2.23. The third-order valence-electron chi connectivity index (χ3n) is 2.82. The van der Waals surface area contributed by atoms with Gasteiger partial charge in [0, 0.05) is 11.1 Å². The van der Waals surface area contributed by atoms with Crippen molar-refractivity contribution < 1.29 is 5.11 Å². The zero-order valence-electron chi connectivity index (χ0n) is 10.1. The van der Waals surface area contributed by atoms with E-state index in [1.54, 1.807) is 12.1 Å². The van der Waals surface area contributed by atoms with Gasteiger partial charge in [-0.2, -0.15) is 0 Å². The van der Waals surface area contributed by atoms with Crippen LogP contribution in [0.2, 0.25) is 5.02 Å². The molecule has 2 nitrogen and oxygen atoms in total. The summed E-state index contributed by atoms with van der Waals surface area (Å²) in [6.07, 6.45) is -0.00274. The molecule has 0 aromatic heterocycles. The van der Waals surface area contributed by atoms with Gasteiger partial charge in [0.05, 0.1) is 6.10 Å². The van der Waals surface area contributed by atoms with Crippen molar-refractivity contribution in [2.45, 2.75) is 39.3 Å². The maximum atomic E-state index is 10.0. The zero-order valence-corrected chi connectivity index (χ0v) is 10.8. The van der Waals surface area contributed by atoms with Crippen LogP contribution >= 0.6 is 11.6 Å². The summed E-state index contributed by atoms with van der Waals surface area (Å²) < 4.78 is 0. The Morgan fingerprint density at radius 1 is 1.38 bits per heavy atom. The highest BCUT2D eigenvalue weighted by Crippen LogP contribution is 2.27. The molecule has 0 aliphatic carbocycles. The highest BCUT2D eigenvalue weighted by atomic mass is 35.5. The number of halogens is 1. The van der Waals surface area contributed by atoms with Gasteiger partial charge in [0.2, 0.25) is 0 Å². The van der Waals surface area contributed by atoms with Gasteiger partial charge in [-0.15, -0.1) is 0 Å². The SMILES string of the molecule is CC(C)(C)[C@H](N)C[C@H](O)c1cccc(Cl)c1. The van der Waals surface area contributed by atoms with Gasteiger partial charge in [0.1, 0.15) is 0 Å². The van der Waals surface area contributed by atoms with Crippen LogP contribution in [0.3, 0.4) is 0 Å². The maximum Gasteiger partial charge on any atom is 0.0805 e. The van der Waals surface area contributed by atoms with Gasteiger partial charge in [0.15, 0.2) is 0 Å². The van der Waals surface area contributed by atoms with Gasteiger partial charge in [-0.25, -0.2) is 0 Å². The number of hydrogen-bond acceptors (Lipinski definition) is 2. The summed E-state index contributed by atoms with van der Waals surface area (Å²) in [5.74, 6) is 0.